The number of nitrogens with two attached hydrogens (primary N) is 1. The van der Waals surface area contributed by atoms with Crippen LogP contribution >= 0.6 is 0 Å². The highest BCUT2D eigenvalue weighted by Crippen LogP contribution is 1.97. The second-order valence-electron chi connectivity index (χ2n) is 3.69. The van der Waals surface area contributed by atoms with Crippen molar-refractivity contribution in [2.24, 2.45) is 11.7 Å². The molecule has 14 heavy (non-hydrogen) atoms. The number of hydrogen-bond donors (Lipinski definition) is 2. The van der Waals surface area contributed by atoms with Gasteiger partial charge >= 0.3 is 0 Å². The van der Waals surface area contributed by atoms with Crippen molar-refractivity contribution in [2.45, 2.75) is 26.3 Å². The lowest BCUT2D eigenvalue weighted by Crippen LogP contribution is -2.44. The minimum Gasteiger partial charge on any atom is -0.355 e. The Kier molecular flexibility index (Phi) is 6.74. The second-order valence-corrected chi connectivity index (χ2v) is 5.25. The van der Waals surface area contributed by atoms with Crippen LogP contribution in [0.3, 0.4) is 0 Å². The van der Waals surface area contributed by atoms with Gasteiger partial charge in [-0.25, -0.2) is 0 Å². The average molecular weight is 220 g/mol. The number of nitrogens with one attached hydrogen (secondary N) is 1. The van der Waals surface area contributed by atoms with Crippen LogP contribution < -0.4 is 11.1 Å². The van der Waals surface area contributed by atoms with Crippen molar-refractivity contribution in [1.29, 1.82) is 0 Å². The van der Waals surface area contributed by atoms with Gasteiger partial charge in [0.2, 0.25) is 5.91 Å². The van der Waals surface area contributed by atoms with Crippen molar-refractivity contribution in [3.05, 3.63) is 0 Å². The summed E-state index contributed by atoms with van der Waals surface area (Å²) in [6, 6.07) is -0.442. The van der Waals surface area contributed by atoms with Gasteiger partial charge in [0, 0.05) is 29.4 Å². The van der Waals surface area contributed by atoms with Gasteiger partial charge in [0.1, 0.15) is 0 Å². The molecule has 0 radical (unpaired) electrons. The molecule has 0 saturated heterocycles. The number of hydrogen-bond acceptors (Lipinski definition) is 3. The van der Waals surface area contributed by atoms with Crippen LogP contribution in [0.25, 0.3) is 0 Å². The van der Waals surface area contributed by atoms with Crippen molar-refractivity contribution in [1.82, 2.24) is 5.32 Å². The molecule has 0 aromatic heterocycles. The van der Waals surface area contributed by atoms with Gasteiger partial charge in [0.15, 0.2) is 0 Å². The number of amides is 1. The lowest BCUT2D eigenvalue weighted by molar-refractivity contribution is -0.123. The molecular weight excluding hydrogens is 200 g/mol. The van der Waals surface area contributed by atoms with E-state index in [0.717, 1.165) is 6.42 Å². The summed E-state index contributed by atoms with van der Waals surface area (Å²) < 4.78 is 10.7. The lowest BCUT2D eigenvalue weighted by Gasteiger charge is -2.14. The van der Waals surface area contributed by atoms with E-state index in [9.17, 15) is 9.00 Å². The molecule has 0 saturated carbocycles. The van der Waals surface area contributed by atoms with Crippen LogP contribution in [0.4, 0.5) is 0 Å². The van der Waals surface area contributed by atoms with E-state index < -0.39 is 16.8 Å². The normalized spacial score (nSPS) is 15.2. The first-order valence-corrected chi connectivity index (χ1v) is 6.51. The fourth-order valence-corrected chi connectivity index (χ4v) is 1.46. The van der Waals surface area contributed by atoms with Gasteiger partial charge in [0.25, 0.3) is 0 Å². The first kappa shape index (κ1) is 13.6. The van der Waals surface area contributed by atoms with E-state index in [4.69, 9.17) is 5.73 Å². The van der Waals surface area contributed by atoms with Crippen LogP contribution in [-0.2, 0) is 15.6 Å². The minimum atomic E-state index is -0.782. The quantitative estimate of drug-likeness (QED) is 0.612. The second kappa shape index (κ2) is 6.95. The lowest BCUT2D eigenvalue weighted by atomic mass is 10.1. The van der Waals surface area contributed by atoms with Crippen LogP contribution in [0.15, 0.2) is 0 Å². The fourth-order valence-electron chi connectivity index (χ4n) is 0.908. The van der Waals surface area contributed by atoms with E-state index in [-0.39, 0.29) is 11.8 Å². The van der Waals surface area contributed by atoms with Crippen LogP contribution in [0.2, 0.25) is 0 Å². The first-order valence-electron chi connectivity index (χ1n) is 4.78. The van der Waals surface area contributed by atoms with E-state index in [2.05, 4.69) is 5.32 Å². The summed E-state index contributed by atoms with van der Waals surface area (Å²) in [5, 5.41) is 2.72. The SMILES string of the molecule is CC(C)[C@@H](N)C(=O)NCCCS(C)=O. The fraction of sp³-hybridized carbons (Fsp3) is 0.889. The van der Waals surface area contributed by atoms with Crippen molar-refractivity contribution in [3.8, 4) is 0 Å². The number of rotatable bonds is 6. The topological polar surface area (TPSA) is 72.2 Å². The molecule has 0 rings (SSSR count). The maximum Gasteiger partial charge on any atom is 0.237 e. The zero-order chi connectivity index (χ0) is 11.1. The Balaban J connectivity index is 3.59. The maximum absolute atomic E-state index is 11.3. The third-order valence-corrected chi connectivity index (χ3v) is 2.79. The van der Waals surface area contributed by atoms with Gasteiger partial charge < -0.3 is 11.1 Å². The summed E-state index contributed by atoms with van der Waals surface area (Å²) >= 11 is 0. The number of carbonyl (C=O) groups is 1. The average Bonchev–Trinajstić information content (AvgIpc) is 2.10. The molecule has 0 spiro atoms. The van der Waals surface area contributed by atoms with Gasteiger partial charge in [0.05, 0.1) is 6.04 Å². The Hall–Kier alpha value is -0.420. The molecule has 0 aliphatic carbocycles. The summed E-state index contributed by atoms with van der Waals surface area (Å²) in [7, 11) is -0.782. The first-order chi connectivity index (χ1) is 6.45. The zero-order valence-corrected chi connectivity index (χ0v) is 9.89. The van der Waals surface area contributed by atoms with Gasteiger partial charge in [-0.05, 0) is 12.3 Å². The molecule has 0 aliphatic heterocycles. The summed E-state index contributed by atoms with van der Waals surface area (Å²) in [6.07, 6.45) is 2.39. The molecule has 4 nitrogen and oxygen atoms in total. The van der Waals surface area contributed by atoms with E-state index in [1.165, 1.54) is 0 Å². The Labute approximate surface area is 88.1 Å². The molecule has 0 bridgehead atoms. The van der Waals surface area contributed by atoms with E-state index >= 15 is 0 Å². The highest BCUT2D eigenvalue weighted by Gasteiger charge is 2.15. The third kappa shape index (κ3) is 6.10. The van der Waals surface area contributed by atoms with Crippen molar-refractivity contribution >= 4 is 16.7 Å². The van der Waals surface area contributed by atoms with Crippen molar-refractivity contribution in [3.63, 3.8) is 0 Å². The Morgan fingerprint density at radius 2 is 2.07 bits per heavy atom. The Morgan fingerprint density at radius 3 is 2.50 bits per heavy atom. The third-order valence-electron chi connectivity index (χ3n) is 1.93. The summed E-state index contributed by atoms with van der Waals surface area (Å²) in [5.41, 5.74) is 5.63. The van der Waals surface area contributed by atoms with Gasteiger partial charge in [-0.1, -0.05) is 13.8 Å². The molecule has 0 aromatic carbocycles. The molecule has 2 atom stereocenters. The zero-order valence-electron chi connectivity index (χ0n) is 9.08. The molecule has 0 heterocycles. The largest absolute Gasteiger partial charge is 0.355 e. The molecule has 0 aliphatic rings. The van der Waals surface area contributed by atoms with Crippen LogP contribution in [0.1, 0.15) is 20.3 Å². The molecule has 0 aromatic rings. The molecule has 1 unspecified atom stereocenters. The summed E-state index contributed by atoms with van der Waals surface area (Å²) in [6.45, 7) is 4.37. The van der Waals surface area contributed by atoms with Gasteiger partial charge in [-0.3, -0.25) is 9.00 Å². The minimum absolute atomic E-state index is 0.123. The van der Waals surface area contributed by atoms with E-state index in [0.29, 0.717) is 12.3 Å². The Bertz CT molecular complexity index is 207. The van der Waals surface area contributed by atoms with E-state index in [1.54, 1.807) is 6.26 Å². The summed E-state index contributed by atoms with van der Waals surface area (Å²) in [5.74, 6) is 0.647. The standard InChI is InChI=1S/C9H20N2O2S/c1-7(2)8(10)9(12)11-5-4-6-14(3)13/h7-8H,4-6,10H2,1-3H3,(H,11,12)/t8-,14?/m1/s1. The molecule has 0 fully saturated rings. The monoisotopic (exact) mass is 220 g/mol. The molecule has 5 heteroatoms. The predicted octanol–water partition coefficient (Wildman–Crippen LogP) is -0.145. The summed E-state index contributed by atoms with van der Waals surface area (Å²) in [4.78, 5) is 11.3. The smallest absolute Gasteiger partial charge is 0.237 e. The Morgan fingerprint density at radius 1 is 1.50 bits per heavy atom. The highest BCUT2D eigenvalue weighted by molar-refractivity contribution is 7.84. The predicted molar refractivity (Wildman–Crippen MR) is 59.4 cm³/mol. The highest BCUT2D eigenvalue weighted by atomic mass is 32.2. The van der Waals surface area contributed by atoms with Crippen LogP contribution in [0, 0.1) is 5.92 Å². The van der Waals surface area contributed by atoms with Crippen molar-refractivity contribution in [2.75, 3.05) is 18.6 Å². The molecule has 1 amide bonds. The van der Waals surface area contributed by atoms with E-state index in [1.807, 2.05) is 13.8 Å². The molecule has 3 N–H and O–H groups in total. The van der Waals surface area contributed by atoms with Gasteiger partial charge in [-0.15, -0.1) is 0 Å². The molecule has 84 valence electrons. The molecular formula is C9H20N2O2S. The number of carbonyl (C=O) groups excluding carboxylic acids is 1. The van der Waals surface area contributed by atoms with Crippen LogP contribution in [-0.4, -0.2) is 34.7 Å². The maximum atomic E-state index is 11.3. The van der Waals surface area contributed by atoms with Gasteiger partial charge in [-0.2, -0.15) is 0 Å². The van der Waals surface area contributed by atoms with Crippen LogP contribution in [0.5, 0.6) is 0 Å². The van der Waals surface area contributed by atoms with Crippen molar-refractivity contribution < 1.29 is 9.00 Å².